The number of aryl methyl sites for hydroxylation is 1. The second-order valence-corrected chi connectivity index (χ2v) is 13.6. The summed E-state index contributed by atoms with van der Waals surface area (Å²) in [6, 6.07) is 25.5. The molecule has 0 fully saturated rings. The first-order valence-electron chi connectivity index (χ1n) is 12.9. The fraction of sp³-hybridized carbons (Fsp3) is 0.167. The van der Waals surface area contributed by atoms with Crippen LogP contribution in [0.5, 0.6) is 5.75 Å². The number of nitrogens with one attached hydrogen (secondary N) is 2. The third-order valence-electron chi connectivity index (χ3n) is 6.12. The molecule has 0 aliphatic heterocycles. The summed E-state index contributed by atoms with van der Waals surface area (Å²) < 4.78 is 62.4. The first-order chi connectivity index (χ1) is 20.0. The number of rotatable bonds is 12. The van der Waals surface area contributed by atoms with Crippen molar-refractivity contribution >= 4 is 54.8 Å². The molecule has 0 bridgehead atoms. The highest BCUT2D eigenvalue weighted by atomic mass is 32.2. The largest absolute Gasteiger partial charge is 0.492 e. The molecule has 0 aromatic heterocycles. The molecule has 4 rings (SSSR count). The maximum atomic E-state index is 13.8. The average molecular weight is 626 g/mol. The van der Waals surface area contributed by atoms with Gasteiger partial charge in [0.05, 0.1) is 22.1 Å². The van der Waals surface area contributed by atoms with Crippen molar-refractivity contribution in [2.45, 2.75) is 28.5 Å². The second kappa shape index (κ2) is 13.3. The van der Waals surface area contributed by atoms with Gasteiger partial charge in [-0.25, -0.2) is 16.8 Å². The lowest BCUT2D eigenvalue weighted by Gasteiger charge is -2.26. The number of carbonyl (C=O) groups excluding carboxylic acids is 1. The molecule has 1 amide bonds. The van der Waals surface area contributed by atoms with E-state index in [2.05, 4.69) is 10.0 Å². The summed E-state index contributed by atoms with van der Waals surface area (Å²) in [5.41, 5.74) is 1.94. The normalized spacial score (nSPS) is 11.5. The average Bonchev–Trinajstić information content (AvgIpc) is 2.98. The van der Waals surface area contributed by atoms with Crippen molar-refractivity contribution in [2.24, 2.45) is 0 Å². The van der Waals surface area contributed by atoms with Crippen LogP contribution in [0.15, 0.2) is 112 Å². The summed E-state index contributed by atoms with van der Waals surface area (Å²) in [7, 11) is -8.03. The molecule has 4 aromatic rings. The van der Waals surface area contributed by atoms with Crippen molar-refractivity contribution in [1.82, 2.24) is 0 Å². The summed E-state index contributed by atoms with van der Waals surface area (Å²) in [6.07, 6.45) is 1.89. The van der Waals surface area contributed by atoms with Gasteiger partial charge in [0.15, 0.2) is 0 Å². The van der Waals surface area contributed by atoms with Crippen molar-refractivity contribution in [3.63, 3.8) is 0 Å². The van der Waals surface area contributed by atoms with Crippen molar-refractivity contribution in [2.75, 3.05) is 33.8 Å². The van der Waals surface area contributed by atoms with Gasteiger partial charge in [0.25, 0.3) is 20.0 Å². The number of hydrogen-bond donors (Lipinski definition) is 2. The minimum atomic E-state index is -4.17. The van der Waals surface area contributed by atoms with E-state index in [1.165, 1.54) is 48.2 Å². The quantitative estimate of drug-likeness (QED) is 0.192. The number of carbonyl (C=O) groups is 1. The number of anilines is 3. The highest BCUT2D eigenvalue weighted by molar-refractivity contribution is 7.98. The molecule has 0 unspecified atom stereocenters. The van der Waals surface area contributed by atoms with Crippen LogP contribution in [0.2, 0.25) is 0 Å². The van der Waals surface area contributed by atoms with Crippen molar-refractivity contribution in [1.29, 1.82) is 0 Å². The van der Waals surface area contributed by atoms with Crippen LogP contribution in [-0.4, -0.2) is 42.2 Å². The number of ether oxygens (including phenoxy) is 1. The van der Waals surface area contributed by atoms with Crippen LogP contribution in [0, 0.1) is 6.92 Å². The molecule has 220 valence electrons. The maximum Gasteiger partial charge on any atom is 0.264 e. The number of hydrogen-bond acceptors (Lipinski definition) is 7. The molecule has 0 radical (unpaired) electrons. The number of sulfonamides is 2. The van der Waals surface area contributed by atoms with Crippen LogP contribution in [0.3, 0.4) is 0 Å². The van der Waals surface area contributed by atoms with Gasteiger partial charge in [-0.2, -0.15) is 0 Å². The van der Waals surface area contributed by atoms with E-state index >= 15 is 0 Å². The lowest BCUT2D eigenvalue weighted by atomic mass is 10.2. The van der Waals surface area contributed by atoms with Crippen LogP contribution >= 0.6 is 11.8 Å². The Morgan fingerprint density at radius 3 is 2.02 bits per heavy atom. The maximum absolute atomic E-state index is 13.8. The zero-order valence-corrected chi connectivity index (χ0v) is 25.7. The predicted molar refractivity (Wildman–Crippen MR) is 167 cm³/mol. The SMILES string of the molecule is CCOc1ccccc1N(CC(=O)Nc1ccc(S(=O)(=O)Nc2ccc(C)cc2)cc1)S(=O)(=O)c1ccc(SC)cc1. The Morgan fingerprint density at radius 2 is 1.40 bits per heavy atom. The Hall–Kier alpha value is -4.00. The molecule has 9 nitrogen and oxygen atoms in total. The molecular weight excluding hydrogens is 595 g/mol. The Morgan fingerprint density at radius 1 is 0.810 bits per heavy atom. The zero-order valence-electron chi connectivity index (χ0n) is 23.3. The summed E-state index contributed by atoms with van der Waals surface area (Å²) in [6.45, 7) is 3.43. The molecular formula is C30H31N3O6S3. The van der Waals surface area contributed by atoms with E-state index in [0.29, 0.717) is 23.7 Å². The highest BCUT2D eigenvalue weighted by Gasteiger charge is 2.29. The minimum Gasteiger partial charge on any atom is -0.492 e. The van der Waals surface area contributed by atoms with Crippen molar-refractivity contribution in [3.8, 4) is 5.75 Å². The molecule has 12 heteroatoms. The minimum absolute atomic E-state index is 0.00427. The second-order valence-electron chi connectivity index (χ2n) is 9.13. The molecule has 2 N–H and O–H groups in total. The van der Waals surface area contributed by atoms with Gasteiger partial charge < -0.3 is 10.1 Å². The smallest absolute Gasteiger partial charge is 0.264 e. The lowest BCUT2D eigenvalue weighted by Crippen LogP contribution is -2.38. The summed E-state index contributed by atoms with van der Waals surface area (Å²) in [5, 5.41) is 2.67. The zero-order chi connectivity index (χ0) is 30.3. The molecule has 0 atom stereocenters. The van der Waals surface area contributed by atoms with Crippen LogP contribution in [0.25, 0.3) is 0 Å². The predicted octanol–water partition coefficient (Wildman–Crippen LogP) is 5.75. The number of amides is 1. The molecule has 0 saturated heterocycles. The summed E-state index contributed by atoms with van der Waals surface area (Å²) in [4.78, 5) is 14.1. The Bertz CT molecular complexity index is 1740. The number of para-hydroxylation sites is 2. The van der Waals surface area contributed by atoms with Crippen molar-refractivity contribution < 1.29 is 26.4 Å². The Labute approximate surface area is 251 Å². The molecule has 0 spiro atoms. The van der Waals surface area contributed by atoms with Gasteiger partial charge in [-0.1, -0.05) is 29.8 Å². The van der Waals surface area contributed by atoms with Crippen LogP contribution in [0.4, 0.5) is 17.1 Å². The molecule has 0 aliphatic rings. The fourth-order valence-corrected chi connectivity index (χ4v) is 6.90. The van der Waals surface area contributed by atoms with Gasteiger partial charge in [0.2, 0.25) is 5.91 Å². The lowest BCUT2D eigenvalue weighted by molar-refractivity contribution is -0.114. The van der Waals surface area contributed by atoms with E-state index in [1.807, 2.05) is 13.2 Å². The Kier molecular flexibility index (Phi) is 9.81. The molecule has 42 heavy (non-hydrogen) atoms. The van der Waals surface area contributed by atoms with E-state index in [0.717, 1.165) is 14.8 Å². The highest BCUT2D eigenvalue weighted by Crippen LogP contribution is 2.33. The summed E-state index contributed by atoms with van der Waals surface area (Å²) in [5.74, 6) is -0.313. The third kappa shape index (κ3) is 7.44. The van der Waals surface area contributed by atoms with E-state index in [4.69, 9.17) is 4.74 Å². The topological polar surface area (TPSA) is 122 Å². The van der Waals surface area contributed by atoms with E-state index in [9.17, 15) is 21.6 Å². The monoisotopic (exact) mass is 625 g/mol. The van der Waals surface area contributed by atoms with Crippen molar-refractivity contribution in [3.05, 3.63) is 103 Å². The van der Waals surface area contributed by atoms with Gasteiger partial charge in [0, 0.05) is 16.3 Å². The molecule has 0 saturated carbocycles. The number of benzene rings is 4. The fourth-order valence-electron chi connectivity index (χ4n) is 4.00. The first-order valence-corrected chi connectivity index (χ1v) is 17.1. The van der Waals surface area contributed by atoms with Crippen LogP contribution < -0.4 is 19.1 Å². The third-order valence-corrected chi connectivity index (χ3v) is 10.0. The van der Waals surface area contributed by atoms with E-state index in [-0.39, 0.29) is 15.5 Å². The van der Waals surface area contributed by atoms with Gasteiger partial charge in [-0.15, -0.1) is 11.8 Å². The van der Waals surface area contributed by atoms with Gasteiger partial charge in [-0.05, 0) is 92.9 Å². The van der Waals surface area contributed by atoms with Crippen LogP contribution in [0.1, 0.15) is 12.5 Å². The summed E-state index contributed by atoms with van der Waals surface area (Å²) >= 11 is 1.48. The standard InChI is InChI=1S/C30H31N3O6S3/c1-4-39-29-8-6-5-7-28(29)33(42(37,38)27-19-15-25(40-3)16-20-27)21-30(34)31-23-13-17-26(18-14-23)41(35,36)32-24-11-9-22(2)10-12-24/h5-20,32H,4,21H2,1-3H3,(H,31,34). The number of nitrogens with zero attached hydrogens (tertiary/aromatic N) is 1. The van der Waals surface area contributed by atoms with Gasteiger partial charge in [0.1, 0.15) is 12.3 Å². The van der Waals surface area contributed by atoms with E-state index < -0.39 is 32.5 Å². The molecule has 0 aliphatic carbocycles. The van der Waals surface area contributed by atoms with E-state index in [1.54, 1.807) is 67.6 Å². The number of thioether (sulfide) groups is 1. The van der Waals surface area contributed by atoms with Gasteiger partial charge in [-0.3, -0.25) is 13.8 Å². The van der Waals surface area contributed by atoms with Crippen LogP contribution in [-0.2, 0) is 24.8 Å². The molecule has 0 heterocycles. The van der Waals surface area contributed by atoms with Gasteiger partial charge >= 0.3 is 0 Å². The molecule has 4 aromatic carbocycles. The Balaban J connectivity index is 1.57. The first kappa shape index (κ1) is 30.9.